The van der Waals surface area contributed by atoms with Gasteiger partial charge in [0.05, 0.1) is 0 Å². The van der Waals surface area contributed by atoms with Crippen LogP contribution in [-0.4, -0.2) is 32.4 Å². The summed E-state index contributed by atoms with van der Waals surface area (Å²) in [4.78, 5) is 8.25. The maximum Gasteiger partial charge on any atom is 1.00 e. The summed E-state index contributed by atoms with van der Waals surface area (Å²) in [5.41, 5.74) is 0. The Morgan fingerprint density at radius 1 is 0.812 bits per heavy atom. The van der Waals surface area contributed by atoms with Crippen molar-refractivity contribution in [3.63, 3.8) is 0 Å². The molecule has 0 radical (unpaired) electrons. The summed E-state index contributed by atoms with van der Waals surface area (Å²) in [6.45, 7) is -0.500. The Kier molecular flexibility index (Phi) is 29.5. The number of carboxylic acid groups (broad SMARTS) is 1. The predicted octanol–water partition coefficient (Wildman–Crippen LogP) is -12.8. The molecule has 15 heteroatoms. The van der Waals surface area contributed by atoms with Gasteiger partial charge >= 0.3 is 88.7 Å². The van der Waals surface area contributed by atoms with Crippen molar-refractivity contribution in [3.05, 3.63) is 0 Å². The van der Waals surface area contributed by atoms with Crippen LogP contribution < -0.4 is 93.8 Å². The summed E-state index contributed by atoms with van der Waals surface area (Å²) in [5.74, 6) is 0. The molecule has 0 aromatic heterocycles. The Balaban J connectivity index is -0.0000000606. The Morgan fingerprint density at radius 3 is 1.00 bits per heavy atom. The van der Waals surface area contributed by atoms with Crippen LogP contribution in [0.25, 0.3) is 0 Å². The van der Waals surface area contributed by atoms with E-state index in [0.717, 1.165) is 0 Å². The molecular formula is CHNa3O10S2. The zero-order chi connectivity index (χ0) is 11.1. The number of carbonyl (C=O) groups excluding carboxylic acids is 1. The smallest absolute Gasteiger partial charge is 0.724 e. The molecule has 0 unspecified atom stereocenters. The standard InChI is InChI=1S/CH2O2.3Na.H2O8S2/c2-1-3;;;;1-9(2,3)7-8-10(4,5)6/h1H,(H,2,3);;;;(H,1,2,3)(H,4,5,6)/q;3*+1;/p-3. The maximum atomic E-state index is 9.37. The van der Waals surface area contributed by atoms with Gasteiger partial charge in [-0.25, -0.2) is 16.8 Å². The van der Waals surface area contributed by atoms with Crippen molar-refractivity contribution in [2.45, 2.75) is 0 Å². The van der Waals surface area contributed by atoms with Crippen LogP contribution in [0.4, 0.5) is 0 Å². The summed E-state index contributed by atoms with van der Waals surface area (Å²) in [6, 6.07) is 0. The van der Waals surface area contributed by atoms with Crippen molar-refractivity contribution < 1.29 is 133 Å². The van der Waals surface area contributed by atoms with Gasteiger partial charge in [-0.05, 0) is 0 Å². The van der Waals surface area contributed by atoms with Crippen molar-refractivity contribution in [3.8, 4) is 0 Å². The van der Waals surface area contributed by atoms with E-state index in [1.165, 1.54) is 0 Å². The van der Waals surface area contributed by atoms with Crippen molar-refractivity contribution in [2.75, 3.05) is 0 Å². The third kappa shape index (κ3) is 44.2. The van der Waals surface area contributed by atoms with Gasteiger partial charge in [0.25, 0.3) is 0 Å². The van der Waals surface area contributed by atoms with Gasteiger partial charge in [0.1, 0.15) is 0 Å². The molecule has 0 aromatic rings. The second kappa shape index (κ2) is 15.3. The monoisotopic (exact) mass is 306 g/mol. The molecule has 0 bridgehead atoms. The predicted molar refractivity (Wildman–Crippen MR) is 27.6 cm³/mol. The Morgan fingerprint density at radius 2 is 0.938 bits per heavy atom. The van der Waals surface area contributed by atoms with E-state index >= 15 is 0 Å². The number of hydrogen-bond acceptors (Lipinski definition) is 10. The first kappa shape index (κ1) is 30.9. The van der Waals surface area contributed by atoms with Crippen LogP contribution in [0.3, 0.4) is 0 Å². The molecule has 0 aromatic carbocycles. The average molecular weight is 306 g/mol. The first-order valence-corrected chi connectivity index (χ1v) is 4.64. The largest absolute Gasteiger partial charge is 1.00 e. The van der Waals surface area contributed by atoms with E-state index in [1.807, 2.05) is 0 Å². The second-order valence-electron chi connectivity index (χ2n) is 1.05. The Labute approximate surface area is 158 Å². The second-order valence-corrected chi connectivity index (χ2v) is 2.95. The van der Waals surface area contributed by atoms with E-state index in [2.05, 4.69) is 8.67 Å². The summed E-state index contributed by atoms with van der Waals surface area (Å²) in [5, 5.41) is 8.25. The molecule has 10 nitrogen and oxygen atoms in total. The van der Waals surface area contributed by atoms with Crippen LogP contribution in [0.15, 0.2) is 0 Å². The van der Waals surface area contributed by atoms with Gasteiger partial charge in [-0.3, -0.25) is 0 Å². The van der Waals surface area contributed by atoms with Crippen LogP contribution in [0, 0.1) is 0 Å². The van der Waals surface area contributed by atoms with Gasteiger partial charge in [0, 0.05) is 6.47 Å². The van der Waals surface area contributed by atoms with Gasteiger partial charge in [-0.1, -0.05) is 0 Å². The molecule has 0 aliphatic rings. The molecule has 0 heterocycles. The fourth-order valence-corrected chi connectivity index (χ4v) is 0.612. The summed E-state index contributed by atoms with van der Waals surface area (Å²) in [7, 11) is -10.6. The zero-order valence-electron chi connectivity index (χ0n) is 8.48. The molecule has 0 N–H and O–H groups in total. The first-order valence-electron chi connectivity index (χ1n) is 1.97. The average Bonchev–Trinajstić information content (AvgIpc) is 1.82. The summed E-state index contributed by atoms with van der Waals surface area (Å²) >= 11 is 0. The number of carbonyl (C=O) groups is 1. The van der Waals surface area contributed by atoms with Gasteiger partial charge in [-0.2, -0.15) is 0 Å². The fourth-order valence-electron chi connectivity index (χ4n) is 0.0680. The zero-order valence-corrected chi connectivity index (χ0v) is 16.1. The van der Waals surface area contributed by atoms with Crippen molar-refractivity contribution >= 4 is 27.3 Å². The van der Waals surface area contributed by atoms with E-state index in [-0.39, 0.29) is 88.7 Å². The topological polar surface area (TPSA) is 173 Å². The van der Waals surface area contributed by atoms with Gasteiger partial charge in [0.2, 0.25) is 20.8 Å². The molecule has 0 saturated heterocycles. The molecule has 80 valence electrons. The van der Waals surface area contributed by atoms with Crippen molar-refractivity contribution in [1.82, 2.24) is 0 Å². The third-order valence-corrected chi connectivity index (χ3v) is 0.750. The quantitative estimate of drug-likeness (QED) is 0.122. The molecule has 16 heavy (non-hydrogen) atoms. The Bertz CT molecular complexity index is 297. The maximum absolute atomic E-state index is 9.37. The summed E-state index contributed by atoms with van der Waals surface area (Å²) < 4.78 is 61.5. The minimum Gasteiger partial charge on any atom is -0.724 e. The van der Waals surface area contributed by atoms with Crippen molar-refractivity contribution in [2.24, 2.45) is 0 Å². The molecule has 0 rings (SSSR count). The van der Waals surface area contributed by atoms with E-state index in [1.54, 1.807) is 0 Å². The molecule has 0 fully saturated rings. The van der Waals surface area contributed by atoms with E-state index in [0.29, 0.717) is 0 Å². The van der Waals surface area contributed by atoms with Crippen molar-refractivity contribution in [1.29, 1.82) is 0 Å². The number of hydrogen-bond donors (Lipinski definition) is 0. The molecule has 0 saturated carbocycles. The molecule has 0 amide bonds. The van der Waals surface area contributed by atoms with Crippen LogP contribution in [0.5, 0.6) is 0 Å². The first-order chi connectivity index (χ1) is 5.62. The van der Waals surface area contributed by atoms with Crippen LogP contribution in [-0.2, 0) is 34.3 Å². The van der Waals surface area contributed by atoms with Crippen LogP contribution in [0.1, 0.15) is 0 Å². The summed E-state index contributed by atoms with van der Waals surface area (Å²) in [6.07, 6.45) is 0. The van der Waals surface area contributed by atoms with Gasteiger partial charge in [0.15, 0.2) is 0 Å². The molecular weight excluding hydrogens is 305 g/mol. The van der Waals surface area contributed by atoms with Crippen LogP contribution in [0.2, 0.25) is 0 Å². The Hall–Kier alpha value is 2.21. The van der Waals surface area contributed by atoms with E-state index in [9.17, 15) is 25.9 Å². The molecule has 0 aliphatic heterocycles. The SMILES string of the molecule is O=C[O-].O=S(=O)([O-])OOS(=O)(=O)[O-].[Na+].[Na+].[Na+]. The third-order valence-electron chi connectivity index (χ3n) is 0.194. The van der Waals surface area contributed by atoms with Gasteiger partial charge < -0.3 is 19.0 Å². The van der Waals surface area contributed by atoms with Crippen LogP contribution >= 0.6 is 0 Å². The fraction of sp³-hybridized carbons (Fsp3) is 0. The minimum atomic E-state index is -5.31. The van der Waals surface area contributed by atoms with E-state index < -0.39 is 27.3 Å². The molecule has 0 spiro atoms. The van der Waals surface area contributed by atoms with E-state index in [4.69, 9.17) is 9.90 Å². The molecule has 0 atom stereocenters. The van der Waals surface area contributed by atoms with Gasteiger partial charge in [-0.15, -0.1) is 8.67 Å². The number of rotatable bonds is 3. The normalized spacial score (nSPS) is 9.12. The molecule has 0 aliphatic carbocycles. The minimum absolute atomic E-state index is 0.